The lowest BCUT2D eigenvalue weighted by atomic mass is 9.93. The van der Waals surface area contributed by atoms with E-state index >= 15 is 0 Å². The predicted octanol–water partition coefficient (Wildman–Crippen LogP) is 4.19. The van der Waals surface area contributed by atoms with E-state index in [-0.39, 0.29) is 24.3 Å². The molecule has 1 atom stereocenters. The van der Waals surface area contributed by atoms with Crippen molar-refractivity contribution in [1.29, 1.82) is 0 Å². The third-order valence-electron chi connectivity index (χ3n) is 8.63. The summed E-state index contributed by atoms with van der Waals surface area (Å²) in [6, 6.07) is 3.88. The average molecular weight is 755 g/mol. The molecule has 1 unspecified atom stereocenters. The zero-order chi connectivity index (χ0) is 32.0. The van der Waals surface area contributed by atoms with E-state index < -0.39 is 6.10 Å². The van der Waals surface area contributed by atoms with Crippen LogP contribution in [0.1, 0.15) is 39.0 Å². The maximum Gasteiger partial charge on any atom is 0.306 e. The molecule has 0 saturated carbocycles. The number of benzene rings is 1. The summed E-state index contributed by atoms with van der Waals surface area (Å²) < 4.78 is 25.4. The van der Waals surface area contributed by atoms with E-state index in [1.54, 1.807) is 6.92 Å². The zero-order valence-electron chi connectivity index (χ0n) is 26.4. The van der Waals surface area contributed by atoms with Crippen LogP contribution in [0.3, 0.4) is 0 Å². The second-order valence-corrected chi connectivity index (χ2v) is 13.6. The molecule has 3 aliphatic heterocycles. The van der Waals surface area contributed by atoms with Gasteiger partial charge in [-0.05, 0) is 73.1 Å². The van der Waals surface area contributed by atoms with Gasteiger partial charge in [0.2, 0.25) is 0 Å². The van der Waals surface area contributed by atoms with Gasteiger partial charge in [-0.2, -0.15) is 0 Å². The smallest absolute Gasteiger partial charge is 0.306 e. The minimum atomic E-state index is -0.783. The first-order chi connectivity index (χ1) is 22.4. The summed E-state index contributed by atoms with van der Waals surface area (Å²) in [6.45, 7) is 8.74. The number of aryl methyl sites for hydroxylation is 1. The maximum atomic E-state index is 13.1. The molecule has 1 amide bonds. The number of esters is 1. The van der Waals surface area contributed by atoms with Crippen molar-refractivity contribution in [2.75, 3.05) is 64.9 Å². The van der Waals surface area contributed by atoms with E-state index in [1.165, 1.54) is 18.1 Å². The Labute approximate surface area is 292 Å². The summed E-state index contributed by atoms with van der Waals surface area (Å²) in [5.41, 5.74) is 7.45. The number of nitrogen functional groups attached to an aromatic ring is 1. The molecule has 0 radical (unpaired) electrons. The fourth-order valence-electron chi connectivity index (χ4n) is 6.02. The number of carbonyl (C=O) groups is 2. The third kappa shape index (κ3) is 8.79. The molecular formula is C31H41BrClN7O6S. The molecule has 2 N–H and O–H groups in total. The molecule has 256 valence electrons. The van der Waals surface area contributed by atoms with Crippen LogP contribution in [0, 0.1) is 5.92 Å². The minimum Gasteiger partial charge on any atom is -0.486 e. The molecule has 5 heterocycles. The van der Waals surface area contributed by atoms with Gasteiger partial charge in [0.05, 0.1) is 13.2 Å². The molecule has 6 rings (SSSR count). The van der Waals surface area contributed by atoms with Gasteiger partial charge in [-0.1, -0.05) is 11.8 Å². The molecule has 1 aromatic carbocycles. The topological polar surface area (TPSA) is 147 Å². The molecule has 13 nitrogen and oxygen atoms in total. The van der Waals surface area contributed by atoms with Crippen molar-refractivity contribution in [3.05, 3.63) is 22.9 Å². The van der Waals surface area contributed by atoms with E-state index in [0.29, 0.717) is 80.1 Å². The Morgan fingerprint density at radius 3 is 2.53 bits per heavy atom. The number of anilines is 1. The maximum absolute atomic E-state index is 13.1. The Morgan fingerprint density at radius 2 is 1.79 bits per heavy atom. The first-order valence-electron chi connectivity index (χ1n) is 15.9. The number of fused-ring (bicyclic) bond motifs is 2. The van der Waals surface area contributed by atoms with Crippen molar-refractivity contribution < 1.29 is 28.5 Å². The Hall–Kier alpha value is -2.85. The molecule has 16 heteroatoms. The van der Waals surface area contributed by atoms with Crippen LogP contribution in [0.15, 0.2) is 33.0 Å². The third-order valence-corrected chi connectivity index (χ3v) is 10.6. The molecule has 2 saturated heterocycles. The number of nitrogens with two attached hydrogens (primary N) is 1. The molecule has 0 bridgehead atoms. The lowest BCUT2D eigenvalue weighted by Crippen LogP contribution is -2.44. The number of imidazole rings is 1. The van der Waals surface area contributed by atoms with Gasteiger partial charge < -0.3 is 34.1 Å². The first-order valence-corrected chi connectivity index (χ1v) is 17.5. The fraction of sp³-hybridized carbons (Fsp3) is 0.581. The van der Waals surface area contributed by atoms with Crippen LogP contribution in [0.4, 0.5) is 5.82 Å². The van der Waals surface area contributed by atoms with Crippen LogP contribution in [-0.2, 0) is 25.6 Å². The predicted molar refractivity (Wildman–Crippen MR) is 182 cm³/mol. The molecular weight excluding hydrogens is 714 g/mol. The van der Waals surface area contributed by atoms with Gasteiger partial charge in [0.25, 0.3) is 5.91 Å². The average Bonchev–Trinajstić information content (AvgIpc) is 3.42. The lowest BCUT2D eigenvalue weighted by Gasteiger charge is -2.33. The van der Waals surface area contributed by atoms with Crippen molar-refractivity contribution >= 4 is 69.0 Å². The zero-order valence-corrected chi connectivity index (χ0v) is 29.6. The van der Waals surface area contributed by atoms with E-state index in [9.17, 15) is 9.59 Å². The lowest BCUT2D eigenvalue weighted by molar-refractivity contribution is -0.160. The van der Waals surface area contributed by atoms with Crippen LogP contribution in [-0.4, -0.2) is 106 Å². The van der Waals surface area contributed by atoms with Crippen molar-refractivity contribution in [3.63, 3.8) is 0 Å². The van der Waals surface area contributed by atoms with Crippen molar-refractivity contribution in [2.24, 2.45) is 5.92 Å². The van der Waals surface area contributed by atoms with Crippen LogP contribution >= 0.6 is 40.1 Å². The van der Waals surface area contributed by atoms with Crippen molar-refractivity contribution in [3.8, 4) is 11.5 Å². The highest BCUT2D eigenvalue weighted by molar-refractivity contribution is 9.10. The van der Waals surface area contributed by atoms with Gasteiger partial charge in [-0.15, -0.1) is 12.4 Å². The number of aromatic nitrogens is 4. The van der Waals surface area contributed by atoms with Crippen molar-refractivity contribution in [2.45, 2.75) is 61.7 Å². The Balaban J connectivity index is 0.00000433. The van der Waals surface area contributed by atoms with Gasteiger partial charge in [-0.3, -0.25) is 14.5 Å². The van der Waals surface area contributed by atoms with E-state index in [0.717, 1.165) is 66.6 Å². The van der Waals surface area contributed by atoms with Gasteiger partial charge in [0.15, 0.2) is 39.7 Å². The SMILES string of the molecule is CC(OC(=O)CCCN1CCOCC1)C(=O)N1CCC(CCn2c(Sc3cc4c(cc3Br)OCCO4)nc3c(N)ncnc32)CC1.Cl. The van der Waals surface area contributed by atoms with Crippen LogP contribution in [0.25, 0.3) is 11.2 Å². The molecule has 2 fully saturated rings. The van der Waals surface area contributed by atoms with Crippen LogP contribution in [0.5, 0.6) is 11.5 Å². The normalized spacial score (nSPS) is 17.7. The van der Waals surface area contributed by atoms with Gasteiger partial charge >= 0.3 is 5.97 Å². The molecule has 0 aliphatic carbocycles. The van der Waals surface area contributed by atoms with Gasteiger partial charge in [0, 0.05) is 48.5 Å². The minimum absolute atomic E-state index is 0. The van der Waals surface area contributed by atoms with Crippen LogP contribution < -0.4 is 15.2 Å². The van der Waals surface area contributed by atoms with E-state index in [2.05, 4.69) is 35.4 Å². The Morgan fingerprint density at radius 1 is 1.06 bits per heavy atom. The largest absolute Gasteiger partial charge is 0.486 e. The number of likely N-dealkylation sites (tertiary alicyclic amines) is 1. The molecule has 3 aliphatic rings. The van der Waals surface area contributed by atoms with E-state index in [4.69, 9.17) is 29.7 Å². The molecule has 2 aromatic heterocycles. The Kier molecular flexibility index (Phi) is 12.5. The molecule has 3 aromatic rings. The Bertz CT molecular complexity index is 1550. The molecule has 0 spiro atoms. The van der Waals surface area contributed by atoms with Gasteiger partial charge in [-0.25, -0.2) is 15.0 Å². The summed E-state index contributed by atoms with van der Waals surface area (Å²) in [4.78, 5) is 44.0. The van der Waals surface area contributed by atoms with Crippen LogP contribution in [0.2, 0.25) is 0 Å². The number of hydrogen-bond acceptors (Lipinski definition) is 12. The summed E-state index contributed by atoms with van der Waals surface area (Å²) in [5, 5.41) is 0.757. The van der Waals surface area contributed by atoms with Gasteiger partial charge in [0.1, 0.15) is 19.5 Å². The summed E-state index contributed by atoms with van der Waals surface area (Å²) in [5.74, 6) is 1.72. The number of morpholine rings is 1. The first kappa shape index (κ1) is 35.5. The number of hydrogen-bond donors (Lipinski definition) is 1. The summed E-state index contributed by atoms with van der Waals surface area (Å²) in [6.07, 6.45) is 4.33. The second-order valence-electron chi connectivity index (χ2n) is 11.8. The monoisotopic (exact) mass is 753 g/mol. The number of carbonyl (C=O) groups excluding carboxylic acids is 2. The number of amides is 1. The summed E-state index contributed by atoms with van der Waals surface area (Å²) in [7, 11) is 0. The highest BCUT2D eigenvalue weighted by atomic mass is 79.9. The highest BCUT2D eigenvalue weighted by Crippen LogP contribution is 2.42. The number of nitrogens with zero attached hydrogens (tertiary/aromatic N) is 6. The number of rotatable bonds is 11. The summed E-state index contributed by atoms with van der Waals surface area (Å²) >= 11 is 5.18. The van der Waals surface area contributed by atoms with E-state index in [1.807, 2.05) is 17.0 Å². The second kappa shape index (κ2) is 16.5. The highest BCUT2D eigenvalue weighted by Gasteiger charge is 2.29. The number of halogens is 2. The molecule has 47 heavy (non-hydrogen) atoms. The number of ether oxygens (including phenoxy) is 4. The number of piperidine rings is 1. The fourth-order valence-corrected chi connectivity index (χ4v) is 7.53. The quantitative estimate of drug-likeness (QED) is 0.280. The van der Waals surface area contributed by atoms with Crippen molar-refractivity contribution in [1.82, 2.24) is 29.3 Å². The standard InChI is InChI=1S/C31H40BrN7O6S.ClH/c1-20(45-26(40)3-2-7-37-11-13-42-14-12-37)30(41)38-8-4-21(5-9-38)6-10-39-29-27(28(33)34-19-35-29)36-31(39)46-25-18-24-23(17-22(25)32)43-15-16-44-24;/h17-21H,2-16H2,1H3,(H2,33,34,35);1H.